The van der Waals surface area contributed by atoms with E-state index in [0.29, 0.717) is 29.5 Å². The van der Waals surface area contributed by atoms with Crippen molar-refractivity contribution in [3.05, 3.63) is 51.9 Å². The van der Waals surface area contributed by atoms with Crippen LogP contribution < -0.4 is 5.32 Å². The van der Waals surface area contributed by atoms with Gasteiger partial charge in [-0.2, -0.15) is 0 Å². The number of aliphatic carboxylic acids is 1. The van der Waals surface area contributed by atoms with Crippen molar-refractivity contribution in [2.45, 2.75) is 38.1 Å². The van der Waals surface area contributed by atoms with Crippen molar-refractivity contribution in [2.24, 2.45) is 5.92 Å². The number of carboxylic acid groups (broad SMARTS) is 1. The van der Waals surface area contributed by atoms with Crippen LogP contribution in [0.1, 0.15) is 43.0 Å². The highest BCUT2D eigenvalue weighted by molar-refractivity contribution is 7.22. The molecule has 146 valence electrons. The smallest absolute Gasteiger partial charge is 0.306 e. The summed E-state index contributed by atoms with van der Waals surface area (Å²) in [4.78, 5) is 21.5. The molecule has 1 aromatic carbocycles. The van der Waals surface area contributed by atoms with Gasteiger partial charge in [0.15, 0.2) is 0 Å². The maximum Gasteiger partial charge on any atom is 0.306 e. The van der Waals surface area contributed by atoms with Crippen molar-refractivity contribution in [3.8, 4) is 0 Å². The number of halogens is 2. The van der Waals surface area contributed by atoms with Crippen molar-refractivity contribution >= 4 is 44.9 Å². The number of aromatic nitrogens is 2. The lowest BCUT2D eigenvalue weighted by Crippen LogP contribution is -2.21. The van der Waals surface area contributed by atoms with Crippen LogP contribution in [0.2, 0.25) is 4.34 Å². The molecule has 0 radical (unpaired) electrons. The summed E-state index contributed by atoms with van der Waals surface area (Å²) in [5.41, 5.74) is 0.943. The van der Waals surface area contributed by atoms with Crippen molar-refractivity contribution in [1.82, 2.24) is 9.97 Å². The molecule has 0 atom stereocenters. The Bertz CT molecular complexity index is 1000. The van der Waals surface area contributed by atoms with Crippen LogP contribution in [0.5, 0.6) is 0 Å². The fraction of sp³-hybridized carbons (Fsp3) is 0.350. The lowest BCUT2D eigenvalue weighted by atomic mass is 9.81. The monoisotopic (exact) mass is 419 g/mol. The van der Waals surface area contributed by atoms with Gasteiger partial charge in [0.2, 0.25) is 0 Å². The van der Waals surface area contributed by atoms with E-state index in [2.05, 4.69) is 5.32 Å². The standard InChI is InChI=1S/C20H19ClFN3O2S/c21-16-9-15-18(23-10-11-1-7-14(22)8-2-11)24-17(25-19(15)28-16)12-3-5-13(6-4-12)20(26)27/h1-2,7-9,12-13H,3-6,10H2,(H,26,27)(H,23,24,25). The Labute approximate surface area is 170 Å². The van der Waals surface area contributed by atoms with Crippen molar-refractivity contribution in [2.75, 3.05) is 5.32 Å². The third kappa shape index (κ3) is 4.10. The minimum absolute atomic E-state index is 0.146. The van der Waals surface area contributed by atoms with Gasteiger partial charge in [-0.1, -0.05) is 23.7 Å². The van der Waals surface area contributed by atoms with Gasteiger partial charge in [-0.15, -0.1) is 11.3 Å². The van der Waals surface area contributed by atoms with Gasteiger partial charge in [0.1, 0.15) is 22.3 Å². The number of carboxylic acids is 1. The second kappa shape index (κ2) is 8.01. The molecule has 2 N–H and O–H groups in total. The van der Waals surface area contributed by atoms with E-state index < -0.39 is 5.97 Å². The zero-order valence-corrected chi connectivity index (χ0v) is 16.6. The highest BCUT2D eigenvalue weighted by Gasteiger charge is 2.29. The second-order valence-electron chi connectivity index (χ2n) is 7.07. The summed E-state index contributed by atoms with van der Waals surface area (Å²) in [5.74, 6) is 0.322. The first-order valence-corrected chi connectivity index (χ1v) is 10.4. The maximum absolute atomic E-state index is 13.1. The number of thiophene rings is 1. The second-order valence-corrected chi connectivity index (χ2v) is 8.73. The third-order valence-corrected chi connectivity index (χ3v) is 6.35. The summed E-state index contributed by atoms with van der Waals surface area (Å²) in [6.45, 7) is 0.505. The van der Waals surface area contributed by atoms with Crippen LogP contribution in [0.4, 0.5) is 10.2 Å². The summed E-state index contributed by atoms with van der Waals surface area (Å²) in [6.07, 6.45) is 2.81. The van der Waals surface area contributed by atoms with E-state index in [-0.39, 0.29) is 17.7 Å². The van der Waals surface area contributed by atoms with Crippen LogP contribution in [-0.4, -0.2) is 21.0 Å². The SMILES string of the molecule is O=C(O)C1CCC(c2nc(NCc3ccc(F)cc3)c3cc(Cl)sc3n2)CC1. The number of nitrogens with zero attached hydrogens (tertiary/aromatic N) is 2. The van der Waals surface area contributed by atoms with Crippen molar-refractivity contribution < 1.29 is 14.3 Å². The molecule has 2 heterocycles. The predicted molar refractivity (Wildman–Crippen MR) is 108 cm³/mol. The highest BCUT2D eigenvalue weighted by Crippen LogP contribution is 2.38. The van der Waals surface area contributed by atoms with E-state index in [1.165, 1.54) is 23.5 Å². The summed E-state index contributed by atoms with van der Waals surface area (Å²) in [7, 11) is 0. The first-order valence-electron chi connectivity index (χ1n) is 9.17. The predicted octanol–water partition coefficient (Wildman–Crippen LogP) is 5.45. The Balaban J connectivity index is 1.58. The molecular formula is C20H19ClFN3O2S. The number of fused-ring (bicyclic) bond motifs is 1. The molecule has 0 spiro atoms. The molecule has 8 heteroatoms. The average molecular weight is 420 g/mol. The van der Waals surface area contributed by atoms with E-state index in [1.807, 2.05) is 6.07 Å². The number of benzene rings is 1. The number of carbonyl (C=O) groups is 1. The lowest BCUT2D eigenvalue weighted by molar-refractivity contribution is -0.142. The minimum Gasteiger partial charge on any atom is -0.481 e. The number of rotatable bonds is 5. The molecule has 0 unspecified atom stereocenters. The van der Waals surface area contributed by atoms with Crippen LogP contribution in [0.25, 0.3) is 10.2 Å². The van der Waals surface area contributed by atoms with Crippen LogP contribution >= 0.6 is 22.9 Å². The molecule has 1 aliphatic carbocycles. The zero-order valence-electron chi connectivity index (χ0n) is 15.0. The number of hydrogen-bond donors (Lipinski definition) is 2. The first kappa shape index (κ1) is 19.1. The van der Waals surface area contributed by atoms with Gasteiger partial charge in [-0.3, -0.25) is 4.79 Å². The molecule has 0 aliphatic heterocycles. The van der Waals surface area contributed by atoms with Gasteiger partial charge in [0, 0.05) is 12.5 Å². The molecule has 5 nitrogen and oxygen atoms in total. The average Bonchev–Trinajstić information content (AvgIpc) is 3.07. The third-order valence-electron chi connectivity index (χ3n) is 5.19. The van der Waals surface area contributed by atoms with Crippen LogP contribution in [0.15, 0.2) is 30.3 Å². The fourth-order valence-corrected chi connectivity index (χ4v) is 4.71. The zero-order chi connectivity index (χ0) is 19.7. The summed E-state index contributed by atoms with van der Waals surface area (Å²) < 4.78 is 13.7. The quantitative estimate of drug-likeness (QED) is 0.574. The summed E-state index contributed by atoms with van der Waals surface area (Å²) in [5, 5.41) is 13.4. The summed E-state index contributed by atoms with van der Waals surface area (Å²) >= 11 is 7.60. The van der Waals surface area contributed by atoms with E-state index in [4.69, 9.17) is 21.6 Å². The van der Waals surface area contributed by atoms with E-state index in [0.717, 1.165) is 34.4 Å². The number of anilines is 1. The van der Waals surface area contributed by atoms with E-state index in [9.17, 15) is 14.3 Å². The van der Waals surface area contributed by atoms with Gasteiger partial charge in [0.25, 0.3) is 0 Å². The van der Waals surface area contributed by atoms with Crippen LogP contribution in [-0.2, 0) is 11.3 Å². The molecule has 0 bridgehead atoms. The van der Waals surface area contributed by atoms with Gasteiger partial charge < -0.3 is 10.4 Å². The van der Waals surface area contributed by atoms with E-state index >= 15 is 0 Å². The van der Waals surface area contributed by atoms with Gasteiger partial charge in [-0.05, 0) is 49.4 Å². The Kier molecular flexibility index (Phi) is 5.46. The molecule has 3 aromatic rings. The Morgan fingerprint density at radius 1 is 1.21 bits per heavy atom. The Morgan fingerprint density at radius 2 is 1.93 bits per heavy atom. The van der Waals surface area contributed by atoms with Crippen LogP contribution in [0.3, 0.4) is 0 Å². The highest BCUT2D eigenvalue weighted by atomic mass is 35.5. The van der Waals surface area contributed by atoms with Crippen LogP contribution in [0, 0.1) is 11.7 Å². The molecular weight excluding hydrogens is 401 g/mol. The molecule has 1 saturated carbocycles. The molecule has 1 aliphatic rings. The molecule has 0 amide bonds. The molecule has 28 heavy (non-hydrogen) atoms. The largest absolute Gasteiger partial charge is 0.481 e. The fourth-order valence-electron chi connectivity index (χ4n) is 3.61. The van der Waals surface area contributed by atoms with Crippen molar-refractivity contribution in [3.63, 3.8) is 0 Å². The molecule has 0 saturated heterocycles. The Morgan fingerprint density at radius 3 is 2.61 bits per heavy atom. The first-order chi connectivity index (χ1) is 13.5. The molecule has 4 rings (SSSR count). The Hall–Kier alpha value is -2.25. The van der Waals surface area contributed by atoms with Crippen molar-refractivity contribution in [1.29, 1.82) is 0 Å². The molecule has 2 aromatic heterocycles. The number of nitrogens with one attached hydrogen (secondary N) is 1. The topological polar surface area (TPSA) is 75.1 Å². The lowest BCUT2D eigenvalue weighted by Gasteiger charge is -2.25. The number of hydrogen-bond acceptors (Lipinski definition) is 5. The van der Waals surface area contributed by atoms with Gasteiger partial charge >= 0.3 is 5.97 Å². The normalized spacial score (nSPS) is 19.6. The minimum atomic E-state index is -0.721. The van der Waals surface area contributed by atoms with E-state index in [1.54, 1.807) is 12.1 Å². The molecule has 1 fully saturated rings. The summed E-state index contributed by atoms with van der Waals surface area (Å²) in [6, 6.07) is 8.17. The maximum atomic E-state index is 13.1. The van der Waals surface area contributed by atoms with Gasteiger partial charge in [0.05, 0.1) is 15.6 Å². The van der Waals surface area contributed by atoms with Gasteiger partial charge in [-0.25, -0.2) is 14.4 Å².